The number of hydrogen-bond acceptors (Lipinski definition) is 4. The highest BCUT2D eigenvalue weighted by Crippen LogP contribution is 2.26. The molecule has 0 spiro atoms. The zero-order chi connectivity index (χ0) is 16.8. The number of ether oxygens (including phenoxy) is 2. The zero-order valence-corrected chi connectivity index (χ0v) is 13.6. The Bertz CT molecular complexity index is 546. The number of rotatable bonds is 8. The number of methoxy groups -OCH3 is 2. The molecule has 0 atom stereocenters. The summed E-state index contributed by atoms with van der Waals surface area (Å²) >= 11 is 0. The van der Waals surface area contributed by atoms with Crippen LogP contribution in [0.2, 0.25) is 0 Å². The van der Waals surface area contributed by atoms with Crippen molar-refractivity contribution in [2.24, 2.45) is 0 Å². The van der Waals surface area contributed by atoms with E-state index < -0.39 is 5.97 Å². The maximum atomic E-state index is 12.4. The molecule has 1 fully saturated rings. The molecule has 23 heavy (non-hydrogen) atoms. The van der Waals surface area contributed by atoms with Crippen LogP contribution in [0.15, 0.2) is 18.2 Å². The number of carbonyl (C=O) groups excluding carboxylic acids is 1. The Hall–Kier alpha value is -2.24. The summed E-state index contributed by atoms with van der Waals surface area (Å²) in [5.74, 6) is 0.272. The number of amides is 1. The Labute approximate surface area is 136 Å². The molecule has 1 aromatic rings. The Morgan fingerprint density at radius 1 is 1.17 bits per heavy atom. The van der Waals surface area contributed by atoms with Gasteiger partial charge in [0.25, 0.3) is 0 Å². The van der Waals surface area contributed by atoms with E-state index in [0.29, 0.717) is 17.9 Å². The van der Waals surface area contributed by atoms with Crippen LogP contribution in [0.25, 0.3) is 0 Å². The van der Waals surface area contributed by atoms with Gasteiger partial charge in [-0.3, -0.25) is 9.59 Å². The predicted molar refractivity (Wildman–Crippen MR) is 84.9 cm³/mol. The number of carboxylic acid groups (broad SMARTS) is 1. The fourth-order valence-corrected chi connectivity index (χ4v) is 2.67. The van der Waals surface area contributed by atoms with Gasteiger partial charge >= 0.3 is 5.97 Å². The van der Waals surface area contributed by atoms with Crippen LogP contribution in [-0.2, 0) is 16.0 Å². The van der Waals surface area contributed by atoms with Gasteiger partial charge in [0.2, 0.25) is 5.91 Å². The normalized spacial score (nSPS) is 14.0. The average molecular weight is 321 g/mol. The van der Waals surface area contributed by atoms with E-state index in [2.05, 4.69) is 0 Å². The molecule has 1 amide bonds. The summed E-state index contributed by atoms with van der Waals surface area (Å²) in [7, 11) is 3.16. The molecule has 1 aliphatic carbocycles. The van der Waals surface area contributed by atoms with Gasteiger partial charge in [0.15, 0.2) is 0 Å². The second-order valence-electron chi connectivity index (χ2n) is 5.72. The topological polar surface area (TPSA) is 76.1 Å². The van der Waals surface area contributed by atoms with E-state index in [4.69, 9.17) is 14.6 Å². The summed E-state index contributed by atoms with van der Waals surface area (Å²) in [5.41, 5.74) is 0.929. The van der Waals surface area contributed by atoms with E-state index >= 15 is 0 Å². The lowest BCUT2D eigenvalue weighted by Crippen LogP contribution is -2.46. The van der Waals surface area contributed by atoms with Crippen LogP contribution in [-0.4, -0.2) is 48.7 Å². The van der Waals surface area contributed by atoms with Crippen molar-refractivity contribution < 1.29 is 24.2 Å². The van der Waals surface area contributed by atoms with Gasteiger partial charge in [0.1, 0.15) is 18.0 Å². The van der Waals surface area contributed by atoms with Crippen molar-refractivity contribution in [3.63, 3.8) is 0 Å². The lowest BCUT2D eigenvalue weighted by atomic mass is 9.91. The highest BCUT2D eigenvalue weighted by Gasteiger charge is 2.29. The van der Waals surface area contributed by atoms with Gasteiger partial charge in [0, 0.05) is 18.5 Å². The molecule has 2 rings (SSSR count). The van der Waals surface area contributed by atoms with Crippen molar-refractivity contribution in [1.82, 2.24) is 4.90 Å². The number of carboxylic acids is 1. The minimum atomic E-state index is -0.965. The molecular weight excluding hydrogens is 298 g/mol. The number of aryl methyl sites for hydroxylation is 1. The van der Waals surface area contributed by atoms with Gasteiger partial charge in [-0.15, -0.1) is 0 Å². The van der Waals surface area contributed by atoms with Crippen molar-refractivity contribution >= 4 is 11.9 Å². The van der Waals surface area contributed by atoms with Crippen LogP contribution < -0.4 is 9.47 Å². The first-order valence-corrected chi connectivity index (χ1v) is 7.76. The fraction of sp³-hybridized carbons (Fsp3) is 0.529. The number of nitrogens with zero attached hydrogens (tertiary/aromatic N) is 1. The van der Waals surface area contributed by atoms with Crippen LogP contribution in [0.1, 0.15) is 31.2 Å². The van der Waals surface area contributed by atoms with E-state index in [1.807, 2.05) is 12.1 Å². The summed E-state index contributed by atoms with van der Waals surface area (Å²) in [6, 6.07) is 5.58. The number of benzene rings is 1. The largest absolute Gasteiger partial charge is 0.497 e. The Kier molecular flexibility index (Phi) is 5.84. The smallest absolute Gasteiger partial charge is 0.323 e. The minimum Gasteiger partial charge on any atom is -0.497 e. The Morgan fingerprint density at radius 3 is 2.22 bits per heavy atom. The maximum absolute atomic E-state index is 12.4. The first-order chi connectivity index (χ1) is 11.0. The third-order valence-electron chi connectivity index (χ3n) is 4.18. The quantitative estimate of drug-likeness (QED) is 0.793. The van der Waals surface area contributed by atoms with Crippen LogP contribution >= 0.6 is 0 Å². The molecule has 0 unspecified atom stereocenters. The minimum absolute atomic E-state index is 0.0819. The molecular formula is C17H23NO5. The summed E-state index contributed by atoms with van der Waals surface area (Å²) in [5, 5.41) is 9.00. The Morgan fingerprint density at radius 2 is 1.78 bits per heavy atom. The first-order valence-electron chi connectivity index (χ1n) is 7.76. The van der Waals surface area contributed by atoms with E-state index in [1.165, 1.54) is 4.90 Å². The first kappa shape index (κ1) is 17.1. The molecule has 6 nitrogen and oxygen atoms in total. The number of aliphatic carboxylic acids is 1. The maximum Gasteiger partial charge on any atom is 0.323 e. The number of hydrogen-bond donors (Lipinski definition) is 1. The van der Waals surface area contributed by atoms with Crippen molar-refractivity contribution in [2.45, 2.75) is 38.1 Å². The molecule has 126 valence electrons. The standard InChI is InChI=1S/C17H23NO5/c1-22-14-8-12(9-15(10-14)23-2)6-7-16(19)18(11-17(20)21)13-4-3-5-13/h8-10,13H,3-7,11H2,1-2H3,(H,20,21). The molecule has 6 heteroatoms. The lowest BCUT2D eigenvalue weighted by molar-refractivity contribution is -0.147. The van der Waals surface area contributed by atoms with Crippen molar-refractivity contribution in [3.05, 3.63) is 23.8 Å². The predicted octanol–water partition coefficient (Wildman–Crippen LogP) is 2.10. The summed E-state index contributed by atoms with van der Waals surface area (Å²) in [6.45, 7) is -0.217. The second-order valence-corrected chi connectivity index (χ2v) is 5.72. The molecule has 1 saturated carbocycles. The summed E-state index contributed by atoms with van der Waals surface area (Å²) in [6.07, 6.45) is 3.65. The van der Waals surface area contributed by atoms with Crippen LogP contribution in [0, 0.1) is 0 Å². The highest BCUT2D eigenvalue weighted by atomic mass is 16.5. The van der Waals surface area contributed by atoms with Gasteiger partial charge in [-0.25, -0.2) is 0 Å². The fourth-order valence-electron chi connectivity index (χ4n) is 2.67. The molecule has 0 aromatic heterocycles. The SMILES string of the molecule is COc1cc(CCC(=O)N(CC(=O)O)C2CCC2)cc(OC)c1. The lowest BCUT2D eigenvalue weighted by Gasteiger charge is -2.36. The van der Waals surface area contributed by atoms with E-state index in [9.17, 15) is 9.59 Å². The van der Waals surface area contributed by atoms with E-state index in [-0.39, 0.29) is 24.9 Å². The van der Waals surface area contributed by atoms with Gasteiger partial charge in [-0.2, -0.15) is 0 Å². The van der Waals surface area contributed by atoms with Crippen molar-refractivity contribution in [2.75, 3.05) is 20.8 Å². The second kappa shape index (κ2) is 7.85. The van der Waals surface area contributed by atoms with Crippen molar-refractivity contribution in [1.29, 1.82) is 0 Å². The van der Waals surface area contributed by atoms with Crippen molar-refractivity contribution in [3.8, 4) is 11.5 Å². The third kappa shape index (κ3) is 4.61. The van der Waals surface area contributed by atoms with Crippen LogP contribution in [0.3, 0.4) is 0 Å². The zero-order valence-electron chi connectivity index (χ0n) is 13.6. The molecule has 1 aliphatic rings. The van der Waals surface area contributed by atoms with Gasteiger partial charge in [-0.1, -0.05) is 0 Å². The van der Waals surface area contributed by atoms with E-state index in [1.54, 1.807) is 20.3 Å². The molecule has 0 bridgehead atoms. The van der Waals surface area contributed by atoms with Gasteiger partial charge in [-0.05, 0) is 43.4 Å². The van der Waals surface area contributed by atoms with Gasteiger partial charge < -0.3 is 19.5 Å². The summed E-state index contributed by atoms with van der Waals surface area (Å²) < 4.78 is 10.4. The third-order valence-corrected chi connectivity index (χ3v) is 4.18. The molecule has 1 N–H and O–H groups in total. The highest BCUT2D eigenvalue weighted by molar-refractivity contribution is 5.82. The monoisotopic (exact) mass is 321 g/mol. The Balaban J connectivity index is 2.00. The van der Waals surface area contributed by atoms with Gasteiger partial charge in [0.05, 0.1) is 14.2 Å². The number of carbonyl (C=O) groups is 2. The molecule has 1 aromatic carbocycles. The van der Waals surface area contributed by atoms with E-state index in [0.717, 1.165) is 24.8 Å². The molecule has 0 radical (unpaired) electrons. The van der Waals surface area contributed by atoms with Crippen LogP contribution in [0.5, 0.6) is 11.5 Å². The molecule has 0 heterocycles. The molecule has 0 aliphatic heterocycles. The summed E-state index contributed by atoms with van der Waals surface area (Å²) in [4.78, 5) is 24.9. The average Bonchev–Trinajstić information content (AvgIpc) is 2.49. The van der Waals surface area contributed by atoms with Crippen LogP contribution in [0.4, 0.5) is 0 Å². The molecule has 0 saturated heterocycles.